The lowest BCUT2D eigenvalue weighted by Gasteiger charge is -2.27. The molecule has 7 heteroatoms. The summed E-state index contributed by atoms with van der Waals surface area (Å²) in [4.78, 5) is 9.33. The third-order valence-corrected chi connectivity index (χ3v) is 27.8. The quantitative estimate of drug-likeness (QED) is 0.0670. The Kier molecular flexibility index (Phi) is 23.3. The number of fused-ring (bicyclic) bond motifs is 9. The van der Waals surface area contributed by atoms with Gasteiger partial charge < -0.3 is 32.9 Å². The average Bonchev–Trinajstić information content (AvgIpc) is 1.71. The molecule has 0 aliphatic carbocycles. The van der Waals surface area contributed by atoms with Crippen LogP contribution in [0.1, 0.15) is 0 Å². The van der Waals surface area contributed by atoms with Gasteiger partial charge in [0.1, 0.15) is 33.5 Å². The molecule has 0 amide bonds. The molecule has 0 radical (unpaired) electrons. The molecule has 0 N–H and O–H groups in total. The van der Waals surface area contributed by atoms with E-state index in [2.05, 4.69) is 553 Å². The molecular weight excluding hydrogens is 1760 g/mol. The van der Waals surface area contributed by atoms with Crippen molar-refractivity contribution in [1.29, 1.82) is 0 Å². The molecule has 3 aromatic heterocycles. The molecular formula is C138H94N4O3. The first kappa shape index (κ1) is 87.2. The minimum atomic E-state index is 0.898. The zero-order valence-corrected chi connectivity index (χ0v) is 79.3. The highest BCUT2D eigenvalue weighted by Crippen LogP contribution is 2.47. The zero-order valence-electron chi connectivity index (χ0n) is 79.3. The first-order valence-electron chi connectivity index (χ1n) is 49.3. The number of furan rings is 3. The standard InChI is InChI=1S/C72H48N2O2.C66H46N2O/c1-3-11-49(12-4-1)51-19-33-59(34-20-51)73(63-41-27-55(28-42-63)57-31-45-71-67(47-57)65-15-7-9-17-69(65)75-71)61-37-23-53(24-38-61)54-25-39-62(40-26-54)74(60-35-21-52(22-36-60)50-13-5-2-6-14-50)64-43-29-56(30-44-64)58-32-46-72-68(48-58)66-16-8-10-18-70(66)76-72;1-4-13-47(14-5-1)50-23-35-56(36-24-50)67(57-37-25-51(26-38-57)48-15-6-2-7-16-48)59-41-29-53(30-42-59)54-31-43-60(44-32-54)68(58-39-27-52(28-40-58)49-17-8-3-9-18-49)61-45-33-55(34-46-61)62-20-12-21-64-63-19-10-11-22-65(63)69-66(62)64/h1-48H;1-46H. The van der Waals surface area contributed by atoms with Gasteiger partial charge in [0.15, 0.2) is 0 Å². The smallest absolute Gasteiger partial charge is 0.143 e. The van der Waals surface area contributed by atoms with E-state index in [0.717, 1.165) is 190 Å². The number of para-hydroxylation sites is 4. The molecule has 7 nitrogen and oxygen atoms in total. The van der Waals surface area contributed by atoms with E-state index < -0.39 is 0 Å². The van der Waals surface area contributed by atoms with E-state index in [1.165, 1.54) is 55.6 Å². The molecule has 0 saturated heterocycles. The van der Waals surface area contributed by atoms with Crippen LogP contribution in [0.25, 0.3) is 177 Å². The third kappa shape index (κ3) is 17.7. The van der Waals surface area contributed by atoms with Crippen LogP contribution in [0, 0.1) is 0 Å². The van der Waals surface area contributed by atoms with Crippen LogP contribution in [0.3, 0.4) is 0 Å². The van der Waals surface area contributed by atoms with Gasteiger partial charge in [0.05, 0.1) is 0 Å². The molecule has 0 fully saturated rings. The molecule has 684 valence electrons. The normalized spacial score (nSPS) is 11.3. The van der Waals surface area contributed by atoms with Crippen LogP contribution in [0.5, 0.6) is 0 Å². The van der Waals surface area contributed by atoms with E-state index in [0.29, 0.717) is 0 Å². The molecule has 0 unspecified atom stereocenters. The maximum atomic E-state index is 6.43. The molecule has 26 aromatic rings. The largest absolute Gasteiger partial charge is 0.456 e. The topological polar surface area (TPSA) is 52.4 Å². The van der Waals surface area contributed by atoms with Crippen molar-refractivity contribution in [3.63, 3.8) is 0 Å². The van der Waals surface area contributed by atoms with Gasteiger partial charge in [-0.25, -0.2) is 0 Å². The lowest BCUT2D eigenvalue weighted by molar-refractivity contribution is 0.668. The zero-order chi connectivity index (χ0) is 96.3. The second-order valence-electron chi connectivity index (χ2n) is 36.6. The van der Waals surface area contributed by atoms with Crippen LogP contribution in [0.15, 0.2) is 583 Å². The summed E-state index contributed by atoms with van der Waals surface area (Å²) in [6.45, 7) is 0. The second-order valence-corrected chi connectivity index (χ2v) is 36.6. The summed E-state index contributed by atoms with van der Waals surface area (Å²) in [7, 11) is 0. The van der Waals surface area contributed by atoms with Crippen molar-refractivity contribution in [3.8, 4) is 111 Å². The van der Waals surface area contributed by atoms with Gasteiger partial charge >= 0.3 is 0 Å². The van der Waals surface area contributed by atoms with Crippen molar-refractivity contribution >= 4 is 134 Å². The number of hydrogen-bond acceptors (Lipinski definition) is 7. The summed E-state index contributed by atoms with van der Waals surface area (Å²) in [5.74, 6) is 0. The molecule has 0 aliphatic rings. The predicted molar refractivity (Wildman–Crippen MR) is 608 cm³/mol. The Morgan fingerprint density at radius 1 is 0.103 bits per heavy atom. The van der Waals surface area contributed by atoms with E-state index in [4.69, 9.17) is 13.3 Å². The minimum Gasteiger partial charge on any atom is -0.456 e. The molecule has 26 rings (SSSR count). The fraction of sp³-hybridized carbons (Fsp3) is 0. The van der Waals surface area contributed by atoms with Crippen molar-refractivity contribution in [1.82, 2.24) is 0 Å². The van der Waals surface area contributed by atoms with Crippen molar-refractivity contribution < 1.29 is 13.3 Å². The molecule has 0 saturated carbocycles. The van der Waals surface area contributed by atoms with E-state index in [1.54, 1.807) is 0 Å². The van der Waals surface area contributed by atoms with Crippen molar-refractivity contribution in [2.75, 3.05) is 19.6 Å². The summed E-state index contributed by atoms with van der Waals surface area (Å²) in [6, 6.07) is 203. The predicted octanol–water partition coefficient (Wildman–Crippen LogP) is 39.6. The van der Waals surface area contributed by atoms with Crippen LogP contribution in [0.2, 0.25) is 0 Å². The van der Waals surface area contributed by atoms with Crippen molar-refractivity contribution in [2.24, 2.45) is 0 Å². The fourth-order valence-electron chi connectivity index (χ4n) is 20.4. The summed E-state index contributed by atoms with van der Waals surface area (Å²) in [5, 5.41) is 6.76. The molecule has 0 atom stereocenters. The van der Waals surface area contributed by atoms with Crippen molar-refractivity contribution in [3.05, 3.63) is 570 Å². The maximum absolute atomic E-state index is 6.43. The summed E-state index contributed by atoms with van der Waals surface area (Å²) in [6.07, 6.45) is 0. The SMILES string of the molecule is c1ccc(-c2ccc(N(c3ccc(-c4ccc(N(c5ccc(-c6ccccc6)cc5)c5ccc(-c6ccc7oc8ccccc8c7c6)cc5)cc4)cc3)c3ccc(-c4ccc5oc6ccccc6c5c4)cc3)cc2)cc1.c1ccc(-c2ccc(N(c3ccc(-c4ccccc4)cc3)c3ccc(-c4ccc(N(c5ccc(-c6ccccc6)cc5)c5ccc(-c6cccc7c6oc6ccccc67)cc5)cc4)cc3)cc2)cc1. The maximum Gasteiger partial charge on any atom is 0.143 e. The van der Waals surface area contributed by atoms with Gasteiger partial charge in [-0.2, -0.15) is 0 Å². The molecule has 23 aromatic carbocycles. The summed E-state index contributed by atoms with van der Waals surface area (Å²) < 4.78 is 18.7. The first-order valence-corrected chi connectivity index (χ1v) is 49.3. The fourth-order valence-corrected chi connectivity index (χ4v) is 20.4. The Labute approximate surface area is 842 Å². The second kappa shape index (κ2) is 38.8. The van der Waals surface area contributed by atoms with E-state index in [9.17, 15) is 0 Å². The highest BCUT2D eigenvalue weighted by atomic mass is 16.3. The Hall–Kier alpha value is -19.3. The molecule has 0 bridgehead atoms. The van der Waals surface area contributed by atoms with Crippen LogP contribution >= 0.6 is 0 Å². The number of anilines is 12. The van der Waals surface area contributed by atoms with Crippen LogP contribution in [0.4, 0.5) is 68.2 Å². The molecule has 0 spiro atoms. The third-order valence-electron chi connectivity index (χ3n) is 27.8. The lowest BCUT2D eigenvalue weighted by Crippen LogP contribution is -2.10. The number of benzene rings is 23. The lowest BCUT2D eigenvalue weighted by atomic mass is 10.0. The van der Waals surface area contributed by atoms with Crippen LogP contribution in [-0.4, -0.2) is 0 Å². The summed E-state index contributed by atoms with van der Waals surface area (Å²) in [5.41, 5.74) is 41.6. The van der Waals surface area contributed by atoms with E-state index >= 15 is 0 Å². The summed E-state index contributed by atoms with van der Waals surface area (Å²) >= 11 is 0. The number of rotatable bonds is 22. The van der Waals surface area contributed by atoms with E-state index in [-0.39, 0.29) is 0 Å². The molecule has 145 heavy (non-hydrogen) atoms. The van der Waals surface area contributed by atoms with Gasteiger partial charge in [0, 0.05) is 106 Å². The van der Waals surface area contributed by atoms with Gasteiger partial charge in [0.25, 0.3) is 0 Å². The Bertz CT molecular complexity index is 8670. The first-order chi connectivity index (χ1) is 71.8. The van der Waals surface area contributed by atoms with E-state index in [1.807, 2.05) is 36.4 Å². The van der Waals surface area contributed by atoms with Crippen LogP contribution < -0.4 is 19.6 Å². The molecule has 0 aliphatic heterocycles. The number of nitrogens with zero attached hydrogens (tertiary/aromatic N) is 4. The Morgan fingerprint density at radius 2 is 0.269 bits per heavy atom. The highest BCUT2D eigenvalue weighted by Gasteiger charge is 2.23. The van der Waals surface area contributed by atoms with Crippen molar-refractivity contribution in [2.45, 2.75) is 0 Å². The van der Waals surface area contributed by atoms with Gasteiger partial charge in [-0.3, -0.25) is 0 Å². The monoisotopic (exact) mass is 1850 g/mol. The number of hydrogen-bond donors (Lipinski definition) is 0. The molecule has 3 heterocycles. The van der Waals surface area contributed by atoms with Gasteiger partial charge in [0.2, 0.25) is 0 Å². The highest BCUT2D eigenvalue weighted by molar-refractivity contribution is 6.11. The van der Waals surface area contributed by atoms with Gasteiger partial charge in [-0.1, -0.05) is 382 Å². The van der Waals surface area contributed by atoms with Gasteiger partial charge in [-0.05, 0) is 294 Å². The van der Waals surface area contributed by atoms with Gasteiger partial charge in [-0.15, -0.1) is 0 Å². The Morgan fingerprint density at radius 3 is 0.503 bits per heavy atom. The average molecular weight is 1860 g/mol. The minimum absolute atomic E-state index is 0.898. The van der Waals surface area contributed by atoms with Crippen LogP contribution in [-0.2, 0) is 0 Å². The Balaban J connectivity index is 0.000000152.